The summed E-state index contributed by atoms with van der Waals surface area (Å²) >= 11 is 6.03. The molecular formula is C19H18ClN5O3. The lowest BCUT2D eigenvalue weighted by Gasteiger charge is -2.24. The van der Waals surface area contributed by atoms with Gasteiger partial charge in [-0.2, -0.15) is 4.68 Å². The Labute approximate surface area is 166 Å². The van der Waals surface area contributed by atoms with Gasteiger partial charge in [0.2, 0.25) is 0 Å². The van der Waals surface area contributed by atoms with Gasteiger partial charge in [-0.15, -0.1) is 5.10 Å². The van der Waals surface area contributed by atoms with E-state index in [4.69, 9.17) is 16.3 Å². The molecule has 1 atom stereocenters. The Hall–Kier alpha value is -3.26. The number of nitrogens with zero attached hydrogens (tertiary/aromatic N) is 5. The minimum absolute atomic E-state index is 0.155. The highest BCUT2D eigenvalue weighted by Gasteiger charge is 2.26. The van der Waals surface area contributed by atoms with Crippen LogP contribution in [0.25, 0.3) is 5.69 Å². The summed E-state index contributed by atoms with van der Waals surface area (Å²) in [6.45, 7) is 3.83. The van der Waals surface area contributed by atoms with Gasteiger partial charge in [-0.1, -0.05) is 29.8 Å². The van der Waals surface area contributed by atoms with Crippen molar-refractivity contribution in [1.82, 2.24) is 20.2 Å². The Morgan fingerprint density at radius 2 is 1.96 bits per heavy atom. The summed E-state index contributed by atoms with van der Waals surface area (Å²) in [6, 6.07) is 13.9. The van der Waals surface area contributed by atoms with E-state index in [-0.39, 0.29) is 11.5 Å². The molecule has 3 aromatic rings. The van der Waals surface area contributed by atoms with E-state index in [1.54, 1.807) is 17.0 Å². The summed E-state index contributed by atoms with van der Waals surface area (Å²) in [5.74, 6) is -1.02. The van der Waals surface area contributed by atoms with Crippen molar-refractivity contribution in [1.29, 1.82) is 0 Å². The maximum absolute atomic E-state index is 12.8. The van der Waals surface area contributed by atoms with Crippen LogP contribution in [0.4, 0.5) is 5.69 Å². The number of esters is 1. The predicted molar refractivity (Wildman–Crippen MR) is 104 cm³/mol. The van der Waals surface area contributed by atoms with Crippen molar-refractivity contribution in [3.8, 4) is 5.69 Å². The molecular weight excluding hydrogens is 382 g/mol. The normalized spacial score (nSPS) is 11.7. The van der Waals surface area contributed by atoms with Crippen LogP contribution in [0.1, 0.15) is 24.2 Å². The summed E-state index contributed by atoms with van der Waals surface area (Å²) in [5, 5.41) is 11.3. The molecule has 0 saturated carbocycles. The second kappa shape index (κ2) is 8.62. The molecule has 8 nitrogen and oxygen atoms in total. The lowest BCUT2D eigenvalue weighted by molar-refractivity contribution is -0.126. The monoisotopic (exact) mass is 399 g/mol. The Morgan fingerprint density at radius 3 is 2.61 bits per heavy atom. The first-order chi connectivity index (χ1) is 13.5. The van der Waals surface area contributed by atoms with Crippen molar-refractivity contribution in [2.45, 2.75) is 20.0 Å². The van der Waals surface area contributed by atoms with Gasteiger partial charge in [-0.3, -0.25) is 4.79 Å². The summed E-state index contributed by atoms with van der Waals surface area (Å²) in [7, 11) is 0. The third-order valence-corrected chi connectivity index (χ3v) is 4.29. The summed E-state index contributed by atoms with van der Waals surface area (Å²) in [6.07, 6.45) is 0.358. The van der Waals surface area contributed by atoms with E-state index >= 15 is 0 Å². The molecule has 1 heterocycles. The van der Waals surface area contributed by atoms with Crippen molar-refractivity contribution < 1.29 is 14.3 Å². The Bertz CT molecular complexity index is 963. The number of anilines is 1. The number of likely N-dealkylation sites (N-methyl/N-ethyl adjacent to an activating group) is 1. The molecule has 144 valence electrons. The molecule has 1 amide bonds. The second-order valence-electron chi connectivity index (χ2n) is 5.88. The molecule has 0 aliphatic rings. The van der Waals surface area contributed by atoms with Crippen LogP contribution in [0.2, 0.25) is 5.02 Å². The number of amides is 1. The Kier molecular flexibility index (Phi) is 6.00. The van der Waals surface area contributed by atoms with E-state index in [1.807, 2.05) is 37.3 Å². The van der Waals surface area contributed by atoms with Crippen molar-refractivity contribution in [2.24, 2.45) is 0 Å². The lowest BCUT2D eigenvalue weighted by Crippen LogP contribution is -2.40. The molecule has 0 spiro atoms. The van der Waals surface area contributed by atoms with Crippen LogP contribution < -0.4 is 4.90 Å². The fraction of sp³-hybridized carbons (Fsp3) is 0.211. The van der Waals surface area contributed by atoms with E-state index in [1.165, 1.54) is 24.0 Å². The van der Waals surface area contributed by atoms with Crippen LogP contribution in [0.3, 0.4) is 0 Å². The van der Waals surface area contributed by atoms with Gasteiger partial charge in [0, 0.05) is 17.3 Å². The van der Waals surface area contributed by atoms with Crippen LogP contribution in [0, 0.1) is 0 Å². The fourth-order valence-electron chi connectivity index (χ4n) is 2.71. The molecule has 1 aromatic heterocycles. The summed E-state index contributed by atoms with van der Waals surface area (Å²) in [5.41, 5.74) is 1.28. The topological polar surface area (TPSA) is 90.2 Å². The van der Waals surface area contributed by atoms with E-state index in [2.05, 4.69) is 15.5 Å². The van der Waals surface area contributed by atoms with E-state index in [0.717, 1.165) is 5.69 Å². The van der Waals surface area contributed by atoms with Crippen LogP contribution >= 0.6 is 11.6 Å². The summed E-state index contributed by atoms with van der Waals surface area (Å²) < 4.78 is 6.75. The number of halogens is 1. The minimum atomic E-state index is -0.992. The zero-order valence-corrected chi connectivity index (χ0v) is 16.1. The molecule has 0 fully saturated rings. The van der Waals surface area contributed by atoms with Gasteiger partial charge in [0.25, 0.3) is 5.91 Å². The van der Waals surface area contributed by atoms with Crippen molar-refractivity contribution in [3.05, 3.63) is 65.4 Å². The molecule has 0 radical (unpaired) electrons. The van der Waals surface area contributed by atoms with Crippen molar-refractivity contribution in [3.63, 3.8) is 0 Å². The predicted octanol–water partition coefficient (Wildman–Crippen LogP) is 2.91. The van der Waals surface area contributed by atoms with Gasteiger partial charge in [0.05, 0.1) is 11.3 Å². The van der Waals surface area contributed by atoms with Gasteiger partial charge in [0.15, 0.2) is 6.10 Å². The van der Waals surface area contributed by atoms with E-state index in [9.17, 15) is 9.59 Å². The molecule has 3 rings (SSSR count). The smallest absolute Gasteiger partial charge is 0.341 e. The Balaban J connectivity index is 1.81. The number of hydrogen-bond acceptors (Lipinski definition) is 6. The van der Waals surface area contributed by atoms with Gasteiger partial charge >= 0.3 is 5.97 Å². The molecule has 0 aliphatic heterocycles. The number of carbonyl (C=O) groups excluding carboxylic acids is 2. The summed E-state index contributed by atoms with van der Waals surface area (Å²) in [4.78, 5) is 27.1. The first-order valence-electron chi connectivity index (χ1n) is 8.61. The lowest BCUT2D eigenvalue weighted by atomic mass is 10.1. The van der Waals surface area contributed by atoms with E-state index < -0.39 is 12.1 Å². The maximum atomic E-state index is 12.8. The third kappa shape index (κ3) is 4.17. The van der Waals surface area contributed by atoms with Gasteiger partial charge in [-0.25, -0.2) is 4.79 Å². The first-order valence-corrected chi connectivity index (χ1v) is 8.99. The number of benzene rings is 2. The number of tetrazole rings is 1. The van der Waals surface area contributed by atoms with Crippen molar-refractivity contribution in [2.75, 3.05) is 11.4 Å². The number of aromatic nitrogens is 4. The highest BCUT2D eigenvalue weighted by molar-refractivity contribution is 6.31. The first kappa shape index (κ1) is 19.5. The average molecular weight is 400 g/mol. The van der Waals surface area contributed by atoms with Crippen molar-refractivity contribution >= 4 is 29.2 Å². The number of rotatable bonds is 6. The molecule has 2 aromatic carbocycles. The largest absolute Gasteiger partial charge is 0.449 e. The molecule has 0 N–H and O–H groups in total. The SMILES string of the molecule is CCN(C(=O)C(C)OC(=O)c1cc(Cl)ccc1-n1cnnn1)c1ccccc1. The van der Waals surface area contributed by atoms with E-state index in [0.29, 0.717) is 17.3 Å². The van der Waals surface area contributed by atoms with Gasteiger partial charge < -0.3 is 9.64 Å². The second-order valence-corrected chi connectivity index (χ2v) is 6.32. The standard InChI is InChI=1S/C19H18ClN5O3/c1-3-24(15-7-5-4-6-8-15)18(26)13(2)28-19(27)16-11-14(20)9-10-17(16)25-12-21-22-23-25/h4-13H,3H2,1-2H3. The highest BCUT2D eigenvalue weighted by atomic mass is 35.5. The molecule has 0 bridgehead atoms. The highest BCUT2D eigenvalue weighted by Crippen LogP contribution is 2.21. The number of para-hydroxylation sites is 1. The third-order valence-electron chi connectivity index (χ3n) is 4.06. The molecule has 1 unspecified atom stereocenters. The molecule has 9 heteroatoms. The average Bonchev–Trinajstić information content (AvgIpc) is 3.23. The number of ether oxygens (including phenoxy) is 1. The van der Waals surface area contributed by atoms with Gasteiger partial charge in [-0.05, 0) is 54.6 Å². The maximum Gasteiger partial charge on any atom is 0.341 e. The number of carbonyl (C=O) groups is 2. The zero-order valence-electron chi connectivity index (χ0n) is 15.3. The zero-order chi connectivity index (χ0) is 20.1. The number of hydrogen-bond donors (Lipinski definition) is 0. The minimum Gasteiger partial charge on any atom is -0.449 e. The van der Waals surface area contributed by atoms with Crippen LogP contribution in [-0.2, 0) is 9.53 Å². The van der Waals surface area contributed by atoms with Crippen LogP contribution in [0.5, 0.6) is 0 Å². The van der Waals surface area contributed by atoms with Gasteiger partial charge in [0.1, 0.15) is 6.33 Å². The fourth-order valence-corrected chi connectivity index (χ4v) is 2.88. The Morgan fingerprint density at radius 1 is 1.21 bits per heavy atom. The quantitative estimate of drug-likeness (QED) is 0.592. The molecule has 0 saturated heterocycles. The van der Waals surface area contributed by atoms with Crippen LogP contribution in [-0.4, -0.2) is 44.7 Å². The molecule has 28 heavy (non-hydrogen) atoms. The van der Waals surface area contributed by atoms with Crippen LogP contribution in [0.15, 0.2) is 54.9 Å². The molecule has 0 aliphatic carbocycles.